The molecule has 0 saturated carbocycles. The van der Waals surface area contributed by atoms with Crippen molar-refractivity contribution in [3.8, 4) is 0 Å². The maximum absolute atomic E-state index is 13.0. The number of rotatable bonds is 8. The van der Waals surface area contributed by atoms with Gasteiger partial charge in [0.25, 0.3) is 0 Å². The van der Waals surface area contributed by atoms with Crippen molar-refractivity contribution in [1.29, 1.82) is 0 Å². The standard InChI is InChI=1S/C30H36F3N3O6/c31-30(32,33)29(40)36-14-2-4-25(36)27(39)34-22-11-9-21(10-12-22)28-41-24(16-35-13-1-3-23(35)18-38)15-26(42-28)20-7-5-19(17-37)6-8-20/h5-12,23-26,28,37-38H,1-4,13-18H2,(H,34,39). The SMILES string of the molecule is O=C(Nc1ccc(C2OC(CN3CCCC3CO)CC(c3ccc(CO)cc3)O2)cc1)C1CCCN1C(=O)C(F)(F)F. The highest BCUT2D eigenvalue weighted by Crippen LogP contribution is 2.39. The lowest BCUT2D eigenvalue weighted by Gasteiger charge is -2.38. The number of carbonyl (C=O) groups excluding carboxylic acids is 2. The normalized spacial score (nSPS) is 26.9. The van der Waals surface area contributed by atoms with E-state index in [0.717, 1.165) is 30.5 Å². The minimum atomic E-state index is -5.03. The van der Waals surface area contributed by atoms with E-state index in [9.17, 15) is 33.0 Å². The molecule has 3 N–H and O–H groups in total. The van der Waals surface area contributed by atoms with Crippen LogP contribution in [0.4, 0.5) is 18.9 Å². The van der Waals surface area contributed by atoms with E-state index in [2.05, 4.69) is 10.2 Å². The van der Waals surface area contributed by atoms with Crippen LogP contribution in [0.3, 0.4) is 0 Å². The summed E-state index contributed by atoms with van der Waals surface area (Å²) in [4.78, 5) is 27.4. The lowest BCUT2D eigenvalue weighted by molar-refractivity contribution is -0.253. The summed E-state index contributed by atoms with van der Waals surface area (Å²) in [7, 11) is 0. The summed E-state index contributed by atoms with van der Waals surface area (Å²) >= 11 is 0. The molecule has 12 heteroatoms. The molecule has 228 valence electrons. The van der Waals surface area contributed by atoms with Crippen molar-refractivity contribution in [3.63, 3.8) is 0 Å². The van der Waals surface area contributed by atoms with Crippen molar-refractivity contribution in [1.82, 2.24) is 9.80 Å². The Hall–Kier alpha value is -3.03. The van der Waals surface area contributed by atoms with Crippen molar-refractivity contribution in [3.05, 3.63) is 65.2 Å². The van der Waals surface area contributed by atoms with Crippen LogP contribution in [0.25, 0.3) is 0 Å². The van der Waals surface area contributed by atoms with Gasteiger partial charge in [0.05, 0.1) is 25.4 Å². The first-order chi connectivity index (χ1) is 20.2. The van der Waals surface area contributed by atoms with Crippen LogP contribution in [0.1, 0.15) is 61.2 Å². The van der Waals surface area contributed by atoms with Crippen LogP contribution >= 0.6 is 0 Å². The highest BCUT2D eigenvalue weighted by Gasteiger charge is 2.47. The van der Waals surface area contributed by atoms with Crippen LogP contribution < -0.4 is 5.32 Å². The zero-order valence-electron chi connectivity index (χ0n) is 23.1. The number of ether oxygens (including phenoxy) is 2. The van der Waals surface area contributed by atoms with Gasteiger partial charge in [-0.3, -0.25) is 14.5 Å². The van der Waals surface area contributed by atoms with E-state index in [1.165, 1.54) is 0 Å². The number of anilines is 1. The van der Waals surface area contributed by atoms with E-state index in [-0.39, 0.29) is 44.4 Å². The van der Waals surface area contributed by atoms with Gasteiger partial charge in [-0.05, 0) is 55.5 Å². The molecular weight excluding hydrogens is 555 g/mol. The number of aliphatic hydroxyl groups is 2. The van der Waals surface area contributed by atoms with Crippen molar-refractivity contribution in [2.45, 2.75) is 75.5 Å². The van der Waals surface area contributed by atoms with Crippen molar-refractivity contribution in [2.75, 3.05) is 31.6 Å². The van der Waals surface area contributed by atoms with Gasteiger partial charge in [0.15, 0.2) is 6.29 Å². The van der Waals surface area contributed by atoms with Crippen molar-refractivity contribution < 1.29 is 42.4 Å². The number of hydrogen-bond acceptors (Lipinski definition) is 7. The van der Waals surface area contributed by atoms with Gasteiger partial charge in [0.1, 0.15) is 6.04 Å². The number of nitrogens with one attached hydrogen (secondary N) is 1. The molecule has 5 unspecified atom stereocenters. The molecule has 42 heavy (non-hydrogen) atoms. The van der Waals surface area contributed by atoms with E-state index in [0.29, 0.717) is 35.5 Å². The number of nitrogens with zero attached hydrogens (tertiary/aromatic N) is 2. The third-order valence-electron chi connectivity index (χ3n) is 8.27. The molecule has 0 radical (unpaired) electrons. The van der Waals surface area contributed by atoms with Gasteiger partial charge in [0, 0.05) is 36.8 Å². The molecule has 9 nitrogen and oxygen atoms in total. The largest absolute Gasteiger partial charge is 0.471 e. The number of amides is 2. The first-order valence-corrected chi connectivity index (χ1v) is 14.3. The predicted octanol–water partition coefficient (Wildman–Crippen LogP) is 3.67. The summed E-state index contributed by atoms with van der Waals surface area (Å²) in [5.41, 5.74) is 2.82. The Morgan fingerprint density at radius 2 is 1.62 bits per heavy atom. The average Bonchev–Trinajstić information content (AvgIpc) is 3.66. The molecule has 0 aromatic heterocycles. The summed E-state index contributed by atoms with van der Waals surface area (Å²) in [5.74, 6) is -2.67. The predicted molar refractivity (Wildman–Crippen MR) is 146 cm³/mol. The molecule has 2 amide bonds. The third kappa shape index (κ3) is 6.95. The number of aliphatic hydroxyl groups excluding tert-OH is 2. The fourth-order valence-electron chi connectivity index (χ4n) is 6.03. The number of carbonyl (C=O) groups is 2. The van der Waals surface area contributed by atoms with Crippen LogP contribution in [0.2, 0.25) is 0 Å². The number of hydrogen-bond donors (Lipinski definition) is 3. The lowest BCUT2D eigenvalue weighted by atomic mass is 9.99. The molecule has 5 atom stereocenters. The molecule has 3 fully saturated rings. The average molecular weight is 592 g/mol. The second kappa shape index (κ2) is 13.1. The smallest absolute Gasteiger partial charge is 0.395 e. The number of halogens is 3. The summed E-state index contributed by atoms with van der Waals surface area (Å²) in [6, 6.07) is 13.2. The number of benzene rings is 2. The summed E-state index contributed by atoms with van der Waals surface area (Å²) in [5, 5.41) is 21.8. The second-order valence-corrected chi connectivity index (χ2v) is 11.1. The Labute approximate surface area is 242 Å². The lowest BCUT2D eigenvalue weighted by Crippen LogP contribution is -2.48. The van der Waals surface area contributed by atoms with Crippen LogP contribution in [-0.4, -0.2) is 82.4 Å². The summed E-state index contributed by atoms with van der Waals surface area (Å²) in [6.07, 6.45) is -3.19. The molecule has 3 heterocycles. The van der Waals surface area contributed by atoms with Gasteiger partial charge in [-0.1, -0.05) is 36.4 Å². The topological polar surface area (TPSA) is 112 Å². The maximum Gasteiger partial charge on any atom is 0.471 e. The fourth-order valence-corrected chi connectivity index (χ4v) is 6.03. The van der Waals surface area contributed by atoms with Crippen LogP contribution in [-0.2, 0) is 25.7 Å². The molecular formula is C30H36F3N3O6. The van der Waals surface area contributed by atoms with E-state index in [1.54, 1.807) is 24.3 Å². The maximum atomic E-state index is 13.0. The first kappa shape index (κ1) is 30.4. The van der Waals surface area contributed by atoms with Gasteiger partial charge in [-0.2, -0.15) is 13.2 Å². The van der Waals surface area contributed by atoms with E-state index in [4.69, 9.17) is 9.47 Å². The van der Waals surface area contributed by atoms with Crippen LogP contribution in [0.15, 0.2) is 48.5 Å². The molecule has 0 bridgehead atoms. The Kier molecular flexibility index (Phi) is 9.48. The van der Waals surface area contributed by atoms with Gasteiger partial charge in [-0.15, -0.1) is 0 Å². The second-order valence-electron chi connectivity index (χ2n) is 11.1. The van der Waals surface area contributed by atoms with Gasteiger partial charge < -0.3 is 29.9 Å². The zero-order valence-corrected chi connectivity index (χ0v) is 23.1. The Morgan fingerprint density at radius 1 is 0.929 bits per heavy atom. The van der Waals surface area contributed by atoms with E-state index in [1.807, 2.05) is 24.3 Å². The highest BCUT2D eigenvalue weighted by atomic mass is 19.4. The Bertz CT molecular complexity index is 1230. The van der Waals surface area contributed by atoms with Gasteiger partial charge in [0.2, 0.25) is 5.91 Å². The third-order valence-corrected chi connectivity index (χ3v) is 8.27. The van der Waals surface area contributed by atoms with Gasteiger partial charge in [-0.25, -0.2) is 0 Å². The van der Waals surface area contributed by atoms with Crippen LogP contribution in [0.5, 0.6) is 0 Å². The van der Waals surface area contributed by atoms with E-state index < -0.39 is 30.3 Å². The molecule has 3 aliphatic heterocycles. The van der Waals surface area contributed by atoms with Crippen molar-refractivity contribution in [2.24, 2.45) is 0 Å². The molecule has 0 spiro atoms. The fraction of sp³-hybridized carbons (Fsp3) is 0.533. The molecule has 5 rings (SSSR count). The highest BCUT2D eigenvalue weighted by molar-refractivity contribution is 5.98. The quantitative estimate of drug-likeness (QED) is 0.430. The van der Waals surface area contributed by atoms with Crippen molar-refractivity contribution >= 4 is 17.5 Å². The zero-order chi connectivity index (χ0) is 29.9. The number of alkyl halides is 3. The molecule has 2 aromatic carbocycles. The first-order valence-electron chi connectivity index (χ1n) is 14.3. The summed E-state index contributed by atoms with van der Waals surface area (Å²) < 4.78 is 51.6. The molecule has 3 saturated heterocycles. The molecule has 2 aromatic rings. The minimum Gasteiger partial charge on any atom is -0.395 e. The molecule has 3 aliphatic rings. The van der Waals surface area contributed by atoms with Crippen LogP contribution in [0, 0.1) is 0 Å². The Balaban J connectivity index is 1.28. The molecule has 0 aliphatic carbocycles. The minimum absolute atomic E-state index is 0.0576. The van der Waals surface area contributed by atoms with E-state index >= 15 is 0 Å². The summed E-state index contributed by atoms with van der Waals surface area (Å²) in [6.45, 7) is 1.44. The van der Waals surface area contributed by atoms with Gasteiger partial charge >= 0.3 is 12.1 Å². The monoisotopic (exact) mass is 591 g/mol. The Morgan fingerprint density at radius 3 is 2.29 bits per heavy atom. The number of likely N-dealkylation sites (tertiary alicyclic amines) is 2.